The van der Waals surface area contributed by atoms with E-state index in [4.69, 9.17) is 9.47 Å². The lowest BCUT2D eigenvalue weighted by molar-refractivity contribution is 0.0526. The average molecular weight is 354 g/mol. The Balaban J connectivity index is 1.91. The average Bonchev–Trinajstić information content (AvgIpc) is 2.66. The molecule has 3 nitrogen and oxygen atoms in total. The first kappa shape index (κ1) is 20.0. The normalized spacial score (nSPS) is 11.8. The first-order chi connectivity index (χ1) is 12.7. The molecule has 26 heavy (non-hydrogen) atoms. The first-order valence-electron chi connectivity index (χ1n) is 9.69. The van der Waals surface area contributed by atoms with Gasteiger partial charge in [-0.15, -0.1) is 0 Å². The minimum absolute atomic E-state index is 0.265. The molecule has 0 aliphatic rings. The van der Waals surface area contributed by atoms with Gasteiger partial charge in [0.25, 0.3) is 0 Å². The van der Waals surface area contributed by atoms with E-state index in [-0.39, 0.29) is 6.10 Å². The van der Waals surface area contributed by atoms with Crippen LogP contribution in [0.3, 0.4) is 0 Å². The van der Waals surface area contributed by atoms with Crippen LogP contribution in [0.4, 0.5) is 4.79 Å². The Bertz CT molecular complexity index is 652. The van der Waals surface area contributed by atoms with Crippen molar-refractivity contribution >= 4 is 6.16 Å². The summed E-state index contributed by atoms with van der Waals surface area (Å²) >= 11 is 0. The Kier molecular flexibility index (Phi) is 8.74. The van der Waals surface area contributed by atoms with E-state index >= 15 is 0 Å². The van der Waals surface area contributed by atoms with Crippen LogP contribution in [0.25, 0.3) is 0 Å². The SMILES string of the molecule is CCCCCCCCC(OC(=O)Oc1ccccc1C)c1ccccc1. The van der Waals surface area contributed by atoms with Crippen LogP contribution >= 0.6 is 0 Å². The summed E-state index contributed by atoms with van der Waals surface area (Å²) in [5.41, 5.74) is 1.93. The van der Waals surface area contributed by atoms with Crippen molar-refractivity contribution in [2.75, 3.05) is 0 Å². The molecule has 0 aliphatic heterocycles. The summed E-state index contributed by atoms with van der Waals surface area (Å²) in [4.78, 5) is 12.3. The number of carbonyl (C=O) groups is 1. The van der Waals surface area contributed by atoms with E-state index in [9.17, 15) is 4.79 Å². The van der Waals surface area contributed by atoms with Gasteiger partial charge in [0.1, 0.15) is 11.9 Å². The van der Waals surface area contributed by atoms with Gasteiger partial charge < -0.3 is 9.47 Å². The summed E-state index contributed by atoms with van der Waals surface area (Å²) in [6, 6.07) is 17.4. The summed E-state index contributed by atoms with van der Waals surface area (Å²) in [5.74, 6) is 0.545. The third kappa shape index (κ3) is 6.91. The lowest BCUT2D eigenvalue weighted by Crippen LogP contribution is -2.16. The molecule has 1 atom stereocenters. The van der Waals surface area contributed by atoms with Gasteiger partial charge in [-0.25, -0.2) is 4.79 Å². The van der Waals surface area contributed by atoms with Crippen LogP contribution in [-0.2, 0) is 4.74 Å². The smallest absolute Gasteiger partial charge is 0.426 e. The quantitative estimate of drug-likeness (QED) is 0.262. The predicted molar refractivity (Wildman–Crippen MR) is 105 cm³/mol. The number of carbonyl (C=O) groups excluding carboxylic acids is 1. The first-order valence-corrected chi connectivity index (χ1v) is 9.69. The molecule has 0 amide bonds. The molecular formula is C23H30O3. The van der Waals surface area contributed by atoms with E-state index in [2.05, 4.69) is 6.92 Å². The molecule has 2 rings (SSSR count). The number of hydrogen-bond acceptors (Lipinski definition) is 3. The Morgan fingerprint density at radius 1 is 0.885 bits per heavy atom. The van der Waals surface area contributed by atoms with Crippen molar-refractivity contribution in [3.8, 4) is 5.75 Å². The van der Waals surface area contributed by atoms with Crippen LogP contribution in [0, 0.1) is 6.92 Å². The highest BCUT2D eigenvalue weighted by molar-refractivity contribution is 5.64. The van der Waals surface area contributed by atoms with E-state index < -0.39 is 6.16 Å². The highest BCUT2D eigenvalue weighted by Gasteiger charge is 2.18. The van der Waals surface area contributed by atoms with Gasteiger partial charge in [-0.1, -0.05) is 87.6 Å². The molecule has 2 aromatic rings. The second-order valence-corrected chi connectivity index (χ2v) is 6.69. The highest BCUT2D eigenvalue weighted by atomic mass is 16.7. The fourth-order valence-electron chi connectivity index (χ4n) is 2.97. The number of benzene rings is 2. The van der Waals surface area contributed by atoms with Crippen molar-refractivity contribution in [3.05, 3.63) is 65.7 Å². The van der Waals surface area contributed by atoms with Crippen molar-refractivity contribution in [1.29, 1.82) is 0 Å². The monoisotopic (exact) mass is 354 g/mol. The number of hydrogen-bond donors (Lipinski definition) is 0. The Morgan fingerprint density at radius 2 is 1.54 bits per heavy atom. The van der Waals surface area contributed by atoms with Gasteiger partial charge >= 0.3 is 6.16 Å². The van der Waals surface area contributed by atoms with E-state index in [0.717, 1.165) is 24.0 Å². The summed E-state index contributed by atoms with van der Waals surface area (Å²) in [6.07, 6.45) is 7.19. The number of para-hydroxylation sites is 1. The summed E-state index contributed by atoms with van der Waals surface area (Å²) < 4.78 is 11.1. The van der Waals surface area contributed by atoms with Crippen LogP contribution in [0.2, 0.25) is 0 Å². The fraction of sp³-hybridized carbons (Fsp3) is 0.435. The Morgan fingerprint density at radius 3 is 2.27 bits per heavy atom. The largest absolute Gasteiger partial charge is 0.514 e. The molecule has 0 saturated carbocycles. The molecule has 0 N–H and O–H groups in total. The second kappa shape index (κ2) is 11.3. The molecule has 3 heteroatoms. The zero-order chi connectivity index (χ0) is 18.6. The zero-order valence-corrected chi connectivity index (χ0v) is 15.9. The van der Waals surface area contributed by atoms with Gasteiger partial charge in [0.05, 0.1) is 0 Å². The molecule has 0 aliphatic carbocycles. The van der Waals surface area contributed by atoms with Crippen molar-refractivity contribution in [1.82, 2.24) is 0 Å². The molecule has 0 spiro atoms. The molecule has 2 aromatic carbocycles. The molecule has 0 heterocycles. The predicted octanol–water partition coefficient (Wildman–Crippen LogP) is 7.00. The molecule has 140 valence electrons. The minimum Gasteiger partial charge on any atom is -0.426 e. The number of aryl methyl sites for hydroxylation is 1. The maximum Gasteiger partial charge on any atom is 0.514 e. The molecule has 0 fully saturated rings. The van der Waals surface area contributed by atoms with Gasteiger partial charge in [0.15, 0.2) is 0 Å². The third-order valence-corrected chi connectivity index (χ3v) is 4.52. The van der Waals surface area contributed by atoms with Crippen LogP contribution < -0.4 is 4.74 Å². The highest BCUT2D eigenvalue weighted by Crippen LogP contribution is 2.26. The van der Waals surface area contributed by atoms with Gasteiger partial charge in [0, 0.05) is 0 Å². The van der Waals surface area contributed by atoms with E-state index in [0.29, 0.717) is 5.75 Å². The lowest BCUT2D eigenvalue weighted by atomic mass is 10.0. The van der Waals surface area contributed by atoms with Crippen molar-refractivity contribution in [2.24, 2.45) is 0 Å². The maximum absolute atomic E-state index is 12.3. The molecule has 1 unspecified atom stereocenters. The summed E-state index contributed by atoms with van der Waals surface area (Å²) in [5, 5.41) is 0. The van der Waals surface area contributed by atoms with Crippen LogP contribution in [0.1, 0.15) is 69.1 Å². The van der Waals surface area contributed by atoms with E-state index in [1.54, 1.807) is 6.07 Å². The standard InChI is InChI=1S/C23H30O3/c1-3-4-5-6-7-11-18-22(20-15-9-8-10-16-20)26-23(24)25-21-17-13-12-14-19(21)2/h8-10,12-17,22H,3-7,11,18H2,1-2H3. The van der Waals surface area contributed by atoms with Crippen molar-refractivity contribution in [3.63, 3.8) is 0 Å². The van der Waals surface area contributed by atoms with Gasteiger partial charge in [-0.05, 0) is 37.0 Å². The van der Waals surface area contributed by atoms with Crippen LogP contribution in [0.5, 0.6) is 5.75 Å². The fourth-order valence-corrected chi connectivity index (χ4v) is 2.97. The molecule has 0 aromatic heterocycles. The minimum atomic E-state index is -0.640. The Labute approximate surface area is 157 Å². The van der Waals surface area contributed by atoms with E-state index in [1.165, 1.54) is 32.1 Å². The topological polar surface area (TPSA) is 35.5 Å². The van der Waals surface area contributed by atoms with Gasteiger partial charge in [-0.2, -0.15) is 0 Å². The van der Waals surface area contributed by atoms with E-state index in [1.807, 2.05) is 55.5 Å². The molecule has 0 radical (unpaired) electrons. The number of ether oxygens (including phenoxy) is 2. The summed E-state index contributed by atoms with van der Waals surface area (Å²) in [6.45, 7) is 4.13. The van der Waals surface area contributed by atoms with Crippen molar-refractivity contribution in [2.45, 2.75) is 64.9 Å². The number of unbranched alkanes of at least 4 members (excludes halogenated alkanes) is 5. The van der Waals surface area contributed by atoms with Crippen LogP contribution in [-0.4, -0.2) is 6.16 Å². The molecule has 0 saturated heterocycles. The molecular weight excluding hydrogens is 324 g/mol. The number of rotatable bonds is 10. The molecule has 0 bridgehead atoms. The van der Waals surface area contributed by atoms with Crippen LogP contribution in [0.15, 0.2) is 54.6 Å². The lowest BCUT2D eigenvalue weighted by Gasteiger charge is -2.18. The maximum atomic E-state index is 12.3. The van der Waals surface area contributed by atoms with Crippen molar-refractivity contribution < 1.29 is 14.3 Å². The summed E-state index contributed by atoms with van der Waals surface area (Å²) in [7, 11) is 0. The third-order valence-electron chi connectivity index (χ3n) is 4.52. The Hall–Kier alpha value is -2.29. The second-order valence-electron chi connectivity index (χ2n) is 6.69. The zero-order valence-electron chi connectivity index (χ0n) is 15.9. The van der Waals surface area contributed by atoms with Gasteiger partial charge in [-0.3, -0.25) is 0 Å². The van der Waals surface area contributed by atoms with Gasteiger partial charge in [0.2, 0.25) is 0 Å².